The molecule has 4 aromatic rings. The Morgan fingerprint density at radius 2 is 1.60 bits per heavy atom. The van der Waals surface area contributed by atoms with Crippen molar-refractivity contribution in [2.45, 2.75) is 0 Å². The Hall–Kier alpha value is -3.60. The monoisotopic (exact) mass is 328 g/mol. The number of nitrogens with one attached hydrogen (secondary N) is 3. The van der Waals surface area contributed by atoms with Crippen molar-refractivity contribution in [3.8, 4) is 0 Å². The molecule has 0 aliphatic carbocycles. The molecule has 4 rings (SSSR count). The lowest BCUT2D eigenvalue weighted by molar-refractivity contribution is 0.102. The molecule has 0 aliphatic rings. The second-order valence-corrected chi connectivity index (χ2v) is 5.92. The summed E-state index contributed by atoms with van der Waals surface area (Å²) in [5.74, 6) is -0.128. The van der Waals surface area contributed by atoms with Gasteiger partial charge in [-0.1, -0.05) is 18.2 Å². The number of carbonyl (C=O) groups excluding carboxylic acids is 1. The zero-order chi connectivity index (χ0) is 17.4. The number of hydrogen-bond donors (Lipinski definition) is 4. The van der Waals surface area contributed by atoms with E-state index in [2.05, 4.69) is 10.3 Å². The average Bonchev–Trinajstić information content (AvgIpc) is 3.08. The molecule has 5 heteroatoms. The number of amidine groups is 1. The van der Waals surface area contributed by atoms with Gasteiger partial charge in [-0.15, -0.1) is 0 Å². The maximum absolute atomic E-state index is 12.5. The molecule has 5 N–H and O–H groups in total. The number of anilines is 1. The fourth-order valence-corrected chi connectivity index (χ4v) is 2.89. The summed E-state index contributed by atoms with van der Waals surface area (Å²) in [4.78, 5) is 15.7. The summed E-state index contributed by atoms with van der Waals surface area (Å²) in [6.45, 7) is 0. The van der Waals surface area contributed by atoms with Crippen LogP contribution in [0.25, 0.3) is 21.7 Å². The number of rotatable bonds is 3. The lowest BCUT2D eigenvalue weighted by Crippen LogP contribution is -2.12. The molecular weight excluding hydrogens is 312 g/mol. The first-order chi connectivity index (χ1) is 12.1. The molecular formula is C20H16N4O. The van der Waals surface area contributed by atoms with Crippen molar-refractivity contribution in [1.82, 2.24) is 4.98 Å². The molecule has 122 valence electrons. The van der Waals surface area contributed by atoms with Gasteiger partial charge < -0.3 is 16.0 Å². The van der Waals surface area contributed by atoms with E-state index in [1.807, 2.05) is 54.7 Å². The van der Waals surface area contributed by atoms with Crippen LogP contribution >= 0.6 is 0 Å². The highest BCUT2D eigenvalue weighted by Gasteiger charge is 2.08. The smallest absolute Gasteiger partial charge is 0.255 e. The van der Waals surface area contributed by atoms with Crippen LogP contribution in [0.15, 0.2) is 66.9 Å². The van der Waals surface area contributed by atoms with Crippen LogP contribution in [-0.4, -0.2) is 16.7 Å². The molecule has 25 heavy (non-hydrogen) atoms. The Bertz CT molecular complexity index is 1130. The van der Waals surface area contributed by atoms with Gasteiger partial charge in [-0.3, -0.25) is 10.2 Å². The average molecular weight is 328 g/mol. The fraction of sp³-hybridized carbons (Fsp3) is 0. The van der Waals surface area contributed by atoms with Crippen molar-refractivity contribution in [3.05, 3.63) is 78.0 Å². The van der Waals surface area contributed by atoms with E-state index < -0.39 is 0 Å². The van der Waals surface area contributed by atoms with E-state index in [1.165, 1.54) is 0 Å². The topological polar surface area (TPSA) is 94.8 Å². The summed E-state index contributed by atoms with van der Waals surface area (Å²) in [5.41, 5.74) is 8.56. The number of aromatic amines is 1. The van der Waals surface area contributed by atoms with Crippen LogP contribution in [0.4, 0.5) is 5.69 Å². The Labute approximate surface area is 144 Å². The minimum Gasteiger partial charge on any atom is -0.384 e. The second kappa shape index (κ2) is 5.79. The summed E-state index contributed by atoms with van der Waals surface area (Å²) < 4.78 is 0. The van der Waals surface area contributed by atoms with E-state index in [9.17, 15) is 4.79 Å². The molecule has 0 spiro atoms. The molecule has 0 fully saturated rings. The molecule has 0 atom stereocenters. The lowest BCUT2D eigenvalue weighted by atomic mass is 10.0. The minimum absolute atomic E-state index is 0.0314. The van der Waals surface area contributed by atoms with Crippen LogP contribution < -0.4 is 11.1 Å². The third-order valence-corrected chi connectivity index (χ3v) is 4.22. The maximum atomic E-state index is 12.5. The van der Waals surface area contributed by atoms with E-state index in [4.69, 9.17) is 11.1 Å². The highest BCUT2D eigenvalue weighted by atomic mass is 16.1. The first kappa shape index (κ1) is 15.0. The summed E-state index contributed by atoms with van der Waals surface area (Å²) in [7, 11) is 0. The molecule has 3 aromatic carbocycles. The lowest BCUT2D eigenvalue weighted by Gasteiger charge is -2.07. The Balaban J connectivity index is 1.62. The van der Waals surface area contributed by atoms with Crippen LogP contribution in [0.3, 0.4) is 0 Å². The van der Waals surface area contributed by atoms with Gasteiger partial charge in [-0.2, -0.15) is 0 Å². The third kappa shape index (κ3) is 2.83. The zero-order valence-corrected chi connectivity index (χ0v) is 13.3. The molecule has 1 heterocycles. The number of H-pyrrole nitrogens is 1. The van der Waals surface area contributed by atoms with Crippen molar-refractivity contribution >= 4 is 39.1 Å². The first-order valence-electron chi connectivity index (χ1n) is 7.87. The highest BCUT2D eigenvalue weighted by Crippen LogP contribution is 2.21. The number of hydrogen-bond acceptors (Lipinski definition) is 2. The van der Waals surface area contributed by atoms with Crippen molar-refractivity contribution in [1.29, 1.82) is 5.41 Å². The molecule has 0 radical (unpaired) electrons. The van der Waals surface area contributed by atoms with Crippen LogP contribution in [0.5, 0.6) is 0 Å². The van der Waals surface area contributed by atoms with Crippen molar-refractivity contribution in [2.24, 2.45) is 5.73 Å². The molecule has 0 saturated carbocycles. The molecule has 0 bridgehead atoms. The van der Waals surface area contributed by atoms with Gasteiger partial charge in [0.2, 0.25) is 0 Å². The SMILES string of the molecule is N=C(N)c1ccc2cc(C(=O)Nc3ccc4[nH]ccc4c3)ccc2c1. The Morgan fingerprint density at radius 1 is 0.880 bits per heavy atom. The van der Waals surface area contributed by atoms with Crippen LogP contribution in [0.1, 0.15) is 15.9 Å². The number of nitrogens with two attached hydrogens (primary N) is 1. The standard InChI is InChI=1S/C20H16N4O/c21-19(22)15-3-1-13-10-16(4-2-12(13)9-15)20(25)24-17-5-6-18-14(11-17)7-8-23-18/h1-11,23H,(H3,21,22)(H,24,25). The maximum Gasteiger partial charge on any atom is 0.255 e. The quantitative estimate of drug-likeness (QED) is 0.339. The minimum atomic E-state index is -0.160. The van der Waals surface area contributed by atoms with Crippen molar-refractivity contribution in [2.75, 3.05) is 5.32 Å². The largest absolute Gasteiger partial charge is 0.384 e. The van der Waals surface area contributed by atoms with Crippen LogP contribution in [0, 0.1) is 5.41 Å². The van der Waals surface area contributed by atoms with E-state index in [0.29, 0.717) is 11.1 Å². The van der Waals surface area contributed by atoms with E-state index in [-0.39, 0.29) is 11.7 Å². The number of nitrogen functional groups attached to an aromatic ring is 1. The van der Waals surface area contributed by atoms with Gasteiger partial charge in [0.15, 0.2) is 0 Å². The molecule has 1 amide bonds. The van der Waals surface area contributed by atoms with E-state index in [0.717, 1.165) is 27.4 Å². The molecule has 0 unspecified atom stereocenters. The highest BCUT2D eigenvalue weighted by molar-refractivity contribution is 6.07. The van der Waals surface area contributed by atoms with Gasteiger partial charge in [0.25, 0.3) is 5.91 Å². The second-order valence-electron chi connectivity index (χ2n) is 5.92. The Kier molecular flexibility index (Phi) is 3.47. The van der Waals surface area contributed by atoms with Gasteiger partial charge in [0.05, 0.1) is 0 Å². The first-order valence-corrected chi connectivity index (χ1v) is 7.87. The summed E-state index contributed by atoms with van der Waals surface area (Å²) in [5, 5.41) is 13.4. The van der Waals surface area contributed by atoms with Gasteiger partial charge in [-0.05, 0) is 53.2 Å². The van der Waals surface area contributed by atoms with Crippen molar-refractivity contribution < 1.29 is 4.79 Å². The van der Waals surface area contributed by atoms with Crippen molar-refractivity contribution in [3.63, 3.8) is 0 Å². The summed E-state index contributed by atoms with van der Waals surface area (Å²) >= 11 is 0. The van der Waals surface area contributed by atoms with Gasteiger partial charge in [0, 0.05) is 33.9 Å². The van der Waals surface area contributed by atoms with Gasteiger partial charge >= 0.3 is 0 Å². The normalized spacial score (nSPS) is 10.9. The molecule has 0 aliphatic heterocycles. The molecule has 0 saturated heterocycles. The van der Waals surface area contributed by atoms with Gasteiger partial charge in [-0.25, -0.2) is 0 Å². The van der Waals surface area contributed by atoms with Crippen LogP contribution in [0.2, 0.25) is 0 Å². The number of fused-ring (bicyclic) bond motifs is 2. The predicted molar refractivity (Wildman–Crippen MR) is 101 cm³/mol. The Morgan fingerprint density at radius 3 is 2.36 bits per heavy atom. The summed E-state index contributed by atoms with van der Waals surface area (Å²) in [6, 6.07) is 18.7. The summed E-state index contributed by atoms with van der Waals surface area (Å²) in [6.07, 6.45) is 1.87. The molecule has 1 aromatic heterocycles. The number of carbonyl (C=O) groups is 1. The van der Waals surface area contributed by atoms with Crippen LogP contribution in [-0.2, 0) is 0 Å². The fourth-order valence-electron chi connectivity index (χ4n) is 2.89. The number of benzene rings is 3. The number of aromatic nitrogens is 1. The van der Waals surface area contributed by atoms with Gasteiger partial charge in [0.1, 0.15) is 5.84 Å². The molecule has 5 nitrogen and oxygen atoms in total. The van der Waals surface area contributed by atoms with E-state index >= 15 is 0 Å². The number of amides is 1. The predicted octanol–water partition coefficient (Wildman–Crippen LogP) is 3.86. The van der Waals surface area contributed by atoms with E-state index in [1.54, 1.807) is 12.1 Å². The third-order valence-electron chi connectivity index (χ3n) is 4.22. The zero-order valence-electron chi connectivity index (χ0n) is 13.3.